The lowest BCUT2D eigenvalue weighted by Gasteiger charge is -2.55. The van der Waals surface area contributed by atoms with Gasteiger partial charge in [-0.25, -0.2) is 0 Å². The Kier molecular flexibility index (Phi) is 6.09. The van der Waals surface area contributed by atoms with Crippen LogP contribution in [0.2, 0.25) is 0 Å². The average Bonchev–Trinajstić information content (AvgIpc) is 2.74. The highest BCUT2D eigenvalue weighted by Crippen LogP contribution is 2.60. The monoisotopic (exact) mass is 425 g/mol. The van der Waals surface area contributed by atoms with E-state index in [-0.39, 0.29) is 29.7 Å². The van der Waals surface area contributed by atoms with Gasteiger partial charge in [0.15, 0.2) is 0 Å². The molecular formula is C25H35N3O3. The van der Waals surface area contributed by atoms with Crippen molar-refractivity contribution >= 4 is 17.7 Å². The molecule has 0 aromatic heterocycles. The summed E-state index contributed by atoms with van der Waals surface area (Å²) in [6.45, 7) is 3.05. The minimum Gasteiger partial charge on any atom is -0.347 e. The zero-order chi connectivity index (χ0) is 22.2. The first-order valence-corrected chi connectivity index (χ1v) is 11.7. The molecule has 0 saturated heterocycles. The molecule has 4 aliphatic rings. The molecule has 6 heteroatoms. The fraction of sp³-hybridized carbons (Fsp3) is 0.640. The van der Waals surface area contributed by atoms with Gasteiger partial charge in [-0.1, -0.05) is 12.1 Å². The van der Waals surface area contributed by atoms with E-state index in [0.717, 1.165) is 24.8 Å². The van der Waals surface area contributed by atoms with Crippen LogP contribution in [0.1, 0.15) is 61.4 Å². The van der Waals surface area contributed by atoms with Crippen LogP contribution >= 0.6 is 0 Å². The van der Waals surface area contributed by atoms with E-state index in [2.05, 4.69) is 5.32 Å². The summed E-state index contributed by atoms with van der Waals surface area (Å²) in [5.74, 6) is 2.13. The maximum Gasteiger partial charge on any atom is 0.253 e. The van der Waals surface area contributed by atoms with Gasteiger partial charge in [0.1, 0.15) is 0 Å². The lowest BCUT2D eigenvalue weighted by Crippen LogP contribution is -2.54. The van der Waals surface area contributed by atoms with Gasteiger partial charge in [-0.15, -0.1) is 0 Å². The third-order valence-corrected chi connectivity index (χ3v) is 7.64. The zero-order valence-corrected chi connectivity index (χ0v) is 19.0. The second-order valence-electron chi connectivity index (χ2n) is 10.2. The number of likely N-dealkylation sites (N-methyl/N-ethyl adjacent to an activating group) is 1. The summed E-state index contributed by atoms with van der Waals surface area (Å²) in [4.78, 5) is 41.3. The average molecular weight is 426 g/mol. The summed E-state index contributed by atoms with van der Waals surface area (Å²) >= 11 is 0. The molecule has 168 valence electrons. The van der Waals surface area contributed by atoms with Crippen LogP contribution in [0.3, 0.4) is 0 Å². The molecule has 4 saturated carbocycles. The van der Waals surface area contributed by atoms with Crippen LogP contribution in [0.5, 0.6) is 0 Å². The summed E-state index contributed by atoms with van der Waals surface area (Å²) < 4.78 is 0. The molecule has 0 heterocycles. The molecule has 0 spiro atoms. The van der Waals surface area contributed by atoms with E-state index in [9.17, 15) is 14.4 Å². The first-order valence-electron chi connectivity index (χ1n) is 11.7. The maximum atomic E-state index is 13.1. The standard InChI is InChI=1S/C25H35N3O3/c1-4-28(16-17-5-7-21(8-6-17)23(30)27(2)3)22(29)15-26-24(31)25-12-18-9-19(13-25)11-20(10-18)14-25/h5-8,18-20H,4,9-16H2,1-3H3,(H,26,31). The van der Waals surface area contributed by atoms with Crippen molar-refractivity contribution in [1.82, 2.24) is 15.1 Å². The SMILES string of the molecule is CCN(Cc1ccc(C(=O)N(C)C)cc1)C(=O)CNC(=O)C12CC3CC(CC(C3)C1)C2. The van der Waals surface area contributed by atoms with Crippen LogP contribution in [0.15, 0.2) is 24.3 Å². The minimum absolute atomic E-state index is 0.0395. The molecule has 0 atom stereocenters. The number of nitrogens with zero attached hydrogens (tertiary/aromatic N) is 2. The van der Waals surface area contributed by atoms with E-state index in [4.69, 9.17) is 0 Å². The Morgan fingerprint density at radius 2 is 1.52 bits per heavy atom. The Morgan fingerprint density at radius 3 is 2.00 bits per heavy atom. The van der Waals surface area contributed by atoms with Gasteiger partial charge in [-0.3, -0.25) is 14.4 Å². The Hall–Kier alpha value is -2.37. The molecule has 1 N–H and O–H groups in total. The molecule has 0 aliphatic heterocycles. The number of nitrogens with one attached hydrogen (secondary N) is 1. The van der Waals surface area contributed by atoms with E-state index in [0.29, 0.717) is 36.4 Å². The third kappa shape index (κ3) is 4.48. The quantitative estimate of drug-likeness (QED) is 0.730. The highest BCUT2D eigenvalue weighted by Gasteiger charge is 2.54. The van der Waals surface area contributed by atoms with Crippen molar-refractivity contribution in [3.05, 3.63) is 35.4 Å². The van der Waals surface area contributed by atoms with Crippen LogP contribution in [0.25, 0.3) is 0 Å². The molecule has 4 fully saturated rings. The van der Waals surface area contributed by atoms with E-state index in [1.807, 2.05) is 19.1 Å². The van der Waals surface area contributed by atoms with Gasteiger partial charge in [-0.05, 0) is 80.9 Å². The lowest BCUT2D eigenvalue weighted by atomic mass is 9.49. The summed E-state index contributed by atoms with van der Waals surface area (Å²) in [7, 11) is 3.46. The van der Waals surface area contributed by atoms with Gasteiger partial charge in [-0.2, -0.15) is 0 Å². The molecule has 31 heavy (non-hydrogen) atoms. The van der Waals surface area contributed by atoms with Gasteiger partial charge in [0, 0.05) is 38.2 Å². The lowest BCUT2D eigenvalue weighted by molar-refractivity contribution is -0.148. The summed E-state index contributed by atoms with van der Waals surface area (Å²) in [6, 6.07) is 7.37. The van der Waals surface area contributed by atoms with Gasteiger partial charge in [0.05, 0.1) is 6.54 Å². The summed E-state index contributed by atoms with van der Waals surface area (Å²) in [6.07, 6.45) is 6.92. The van der Waals surface area contributed by atoms with Crippen LogP contribution in [0.4, 0.5) is 0 Å². The van der Waals surface area contributed by atoms with Crippen molar-refractivity contribution in [2.45, 2.75) is 52.0 Å². The molecule has 4 bridgehead atoms. The number of amides is 3. The predicted molar refractivity (Wildman–Crippen MR) is 119 cm³/mol. The molecule has 0 unspecified atom stereocenters. The highest BCUT2D eigenvalue weighted by atomic mass is 16.2. The number of carbonyl (C=O) groups is 3. The molecule has 5 rings (SSSR count). The molecule has 4 aliphatic carbocycles. The Morgan fingerprint density at radius 1 is 0.968 bits per heavy atom. The van der Waals surface area contributed by atoms with Crippen molar-refractivity contribution in [3.8, 4) is 0 Å². The number of hydrogen-bond donors (Lipinski definition) is 1. The minimum atomic E-state index is -0.221. The Bertz CT molecular complexity index is 811. The first kappa shape index (κ1) is 21.8. The second-order valence-corrected chi connectivity index (χ2v) is 10.2. The van der Waals surface area contributed by atoms with Crippen molar-refractivity contribution in [1.29, 1.82) is 0 Å². The van der Waals surface area contributed by atoms with Crippen molar-refractivity contribution < 1.29 is 14.4 Å². The molecular weight excluding hydrogens is 390 g/mol. The Labute approximate surface area is 185 Å². The van der Waals surface area contributed by atoms with E-state index in [1.54, 1.807) is 36.0 Å². The third-order valence-electron chi connectivity index (χ3n) is 7.64. The molecule has 1 aromatic carbocycles. The fourth-order valence-electron chi connectivity index (χ4n) is 6.45. The van der Waals surface area contributed by atoms with Gasteiger partial charge >= 0.3 is 0 Å². The van der Waals surface area contributed by atoms with E-state index < -0.39 is 0 Å². The fourth-order valence-corrected chi connectivity index (χ4v) is 6.45. The summed E-state index contributed by atoms with van der Waals surface area (Å²) in [5.41, 5.74) is 1.38. The van der Waals surface area contributed by atoms with Crippen molar-refractivity contribution in [2.75, 3.05) is 27.2 Å². The van der Waals surface area contributed by atoms with Gasteiger partial charge in [0.2, 0.25) is 11.8 Å². The first-order chi connectivity index (χ1) is 14.8. The topological polar surface area (TPSA) is 69.7 Å². The number of rotatable bonds is 7. The van der Waals surface area contributed by atoms with Gasteiger partial charge in [0.25, 0.3) is 5.91 Å². The number of carbonyl (C=O) groups excluding carboxylic acids is 3. The predicted octanol–water partition coefficient (Wildman–Crippen LogP) is 3.07. The van der Waals surface area contributed by atoms with Crippen molar-refractivity contribution in [3.63, 3.8) is 0 Å². The van der Waals surface area contributed by atoms with E-state index in [1.165, 1.54) is 19.3 Å². The molecule has 3 amide bonds. The second kappa shape index (κ2) is 8.64. The Balaban J connectivity index is 1.32. The van der Waals surface area contributed by atoms with Gasteiger partial charge < -0.3 is 15.1 Å². The zero-order valence-electron chi connectivity index (χ0n) is 19.0. The van der Waals surface area contributed by atoms with Crippen LogP contribution < -0.4 is 5.32 Å². The normalized spacial score (nSPS) is 28.3. The smallest absolute Gasteiger partial charge is 0.253 e. The summed E-state index contributed by atoms with van der Waals surface area (Å²) in [5, 5.41) is 3.00. The van der Waals surface area contributed by atoms with Crippen LogP contribution in [-0.2, 0) is 16.1 Å². The van der Waals surface area contributed by atoms with Crippen LogP contribution in [-0.4, -0.2) is 54.7 Å². The van der Waals surface area contributed by atoms with E-state index >= 15 is 0 Å². The molecule has 0 radical (unpaired) electrons. The highest BCUT2D eigenvalue weighted by molar-refractivity contribution is 5.93. The largest absolute Gasteiger partial charge is 0.347 e. The molecule has 6 nitrogen and oxygen atoms in total. The van der Waals surface area contributed by atoms with Crippen LogP contribution in [0, 0.1) is 23.2 Å². The maximum absolute atomic E-state index is 13.1. The molecule has 1 aromatic rings. The van der Waals surface area contributed by atoms with Crippen molar-refractivity contribution in [2.24, 2.45) is 23.2 Å². The number of benzene rings is 1. The number of hydrogen-bond acceptors (Lipinski definition) is 3.